The molecule has 2 aromatic rings. The number of hydrogen-bond donors (Lipinski definition) is 1. The summed E-state index contributed by atoms with van der Waals surface area (Å²) in [5.74, 6) is 0. The van der Waals surface area contributed by atoms with Crippen LogP contribution in [-0.4, -0.2) is 46.1 Å². The average molecular weight is 360 g/mol. The van der Waals surface area contributed by atoms with Crippen LogP contribution in [0, 0.1) is 6.92 Å². The molecule has 0 spiro atoms. The van der Waals surface area contributed by atoms with Crippen molar-refractivity contribution < 1.29 is 13.2 Å². The van der Waals surface area contributed by atoms with Gasteiger partial charge in [-0.2, -0.15) is 0 Å². The van der Waals surface area contributed by atoms with E-state index in [4.69, 9.17) is 4.74 Å². The van der Waals surface area contributed by atoms with E-state index in [9.17, 15) is 8.42 Å². The summed E-state index contributed by atoms with van der Waals surface area (Å²) in [4.78, 5) is 2.55. The van der Waals surface area contributed by atoms with E-state index in [1.165, 1.54) is 0 Å². The Labute approximate surface area is 149 Å². The number of benzene rings is 2. The minimum atomic E-state index is -3.46. The first-order valence-corrected chi connectivity index (χ1v) is 9.98. The number of hydrogen-bond acceptors (Lipinski definition) is 4. The molecule has 1 saturated heterocycles. The van der Waals surface area contributed by atoms with Gasteiger partial charge in [0.15, 0.2) is 0 Å². The normalized spacial score (nSPS) is 19.0. The summed E-state index contributed by atoms with van der Waals surface area (Å²) in [5, 5.41) is 0. The maximum atomic E-state index is 12.4. The van der Waals surface area contributed by atoms with E-state index >= 15 is 0 Å². The SMILES string of the molecule is Cc1cccc(S(=O)(=O)NCCN2CCO[C@@H](c3ccccc3)C2)c1. The summed E-state index contributed by atoms with van der Waals surface area (Å²) >= 11 is 0. The van der Waals surface area contributed by atoms with Crippen LogP contribution in [0.3, 0.4) is 0 Å². The fraction of sp³-hybridized carbons (Fsp3) is 0.368. The van der Waals surface area contributed by atoms with Gasteiger partial charge in [0.2, 0.25) is 10.0 Å². The molecule has 0 bridgehead atoms. The van der Waals surface area contributed by atoms with Gasteiger partial charge in [-0.05, 0) is 30.2 Å². The summed E-state index contributed by atoms with van der Waals surface area (Å²) in [6.45, 7) is 5.18. The van der Waals surface area contributed by atoms with Crippen molar-refractivity contribution in [3.63, 3.8) is 0 Å². The van der Waals surface area contributed by atoms with Gasteiger partial charge in [0.1, 0.15) is 0 Å². The average Bonchev–Trinajstić information content (AvgIpc) is 2.63. The second-order valence-electron chi connectivity index (χ2n) is 6.29. The fourth-order valence-electron chi connectivity index (χ4n) is 2.98. The summed E-state index contributed by atoms with van der Waals surface area (Å²) in [7, 11) is -3.46. The standard InChI is InChI=1S/C19H24N2O3S/c1-16-6-5-9-18(14-16)25(22,23)20-10-11-21-12-13-24-19(15-21)17-7-3-2-4-8-17/h2-9,14,19-20H,10-13,15H2,1H3/t19-/m1/s1. The van der Waals surface area contributed by atoms with E-state index < -0.39 is 10.0 Å². The third-order valence-electron chi connectivity index (χ3n) is 4.34. The smallest absolute Gasteiger partial charge is 0.240 e. The molecule has 1 atom stereocenters. The number of nitrogens with zero attached hydrogens (tertiary/aromatic N) is 1. The lowest BCUT2D eigenvalue weighted by atomic mass is 10.1. The van der Waals surface area contributed by atoms with Crippen LogP contribution < -0.4 is 4.72 Å². The van der Waals surface area contributed by atoms with Crippen molar-refractivity contribution >= 4 is 10.0 Å². The molecule has 1 heterocycles. The van der Waals surface area contributed by atoms with Gasteiger partial charge in [0.05, 0.1) is 17.6 Å². The molecule has 1 aliphatic rings. The maximum absolute atomic E-state index is 12.4. The van der Waals surface area contributed by atoms with E-state index in [0.717, 1.165) is 24.2 Å². The monoisotopic (exact) mass is 360 g/mol. The first-order chi connectivity index (χ1) is 12.0. The minimum absolute atomic E-state index is 0.0448. The Morgan fingerprint density at radius 3 is 2.72 bits per heavy atom. The zero-order chi connectivity index (χ0) is 17.7. The molecule has 3 rings (SSSR count). The number of sulfonamides is 1. The molecular weight excluding hydrogens is 336 g/mol. The molecule has 6 heteroatoms. The highest BCUT2D eigenvalue weighted by atomic mass is 32.2. The number of aryl methyl sites for hydroxylation is 1. The molecule has 0 saturated carbocycles. The second-order valence-corrected chi connectivity index (χ2v) is 8.05. The molecule has 0 unspecified atom stereocenters. The lowest BCUT2D eigenvalue weighted by Gasteiger charge is -2.33. The van der Waals surface area contributed by atoms with Crippen LogP contribution in [0.4, 0.5) is 0 Å². The molecular formula is C19H24N2O3S. The minimum Gasteiger partial charge on any atom is -0.371 e. The molecule has 1 N–H and O–H groups in total. The number of morpholine rings is 1. The summed E-state index contributed by atoms with van der Waals surface area (Å²) in [5.41, 5.74) is 2.09. The van der Waals surface area contributed by atoms with E-state index in [-0.39, 0.29) is 6.10 Å². The first-order valence-electron chi connectivity index (χ1n) is 8.50. The summed E-state index contributed by atoms with van der Waals surface area (Å²) in [6.07, 6.45) is 0.0448. The Morgan fingerprint density at radius 1 is 1.16 bits per heavy atom. The van der Waals surface area contributed by atoms with Crippen LogP contribution >= 0.6 is 0 Å². The Hall–Kier alpha value is -1.73. The second kappa shape index (κ2) is 8.10. The van der Waals surface area contributed by atoms with E-state index in [1.807, 2.05) is 31.2 Å². The fourth-order valence-corrected chi connectivity index (χ4v) is 4.10. The van der Waals surface area contributed by atoms with Crippen molar-refractivity contribution in [3.8, 4) is 0 Å². The van der Waals surface area contributed by atoms with Crippen molar-refractivity contribution in [3.05, 3.63) is 65.7 Å². The largest absolute Gasteiger partial charge is 0.371 e. The molecule has 2 aromatic carbocycles. The Kier molecular flexibility index (Phi) is 5.86. The van der Waals surface area contributed by atoms with Gasteiger partial charge in [-0.3, -0.25) is 4.90 Å². The van der Waals surface area contributed by atoms with Crippen LogP contribution in [0.2, 0.25) is 0 Å². The van der Waals surface area contributed by atoms with Gasteiger partial charge in [-0.15, -0.1) is 0 Å². The quantitative estimate of drug-likeness (QED) is 0.859. The molecule has 134 valence electrons. The van der Waals surface area contributed by atoms with Gasteiger partial charge in [-0.1, -0.05) is 42.5 Å². The van der Waals surface area contributed by atoms with Gasteiger partial charge in [0, 0.05) is 26.2 Å². The van der Waals surface area contributed by atoms with Crippen LogP contribution in [0.25, 0.3) is 0 Å². The number of rotatable bonds is 6. The molecule has 1 aliphatic heterocycles. The molecule has 0 radical (unpaired) electrons. The summed E-state index contributed by atoms with van der Waals surface area (Å²) < 4.78 is 33.3. The third-order valence-corrected chi connectivity index (χ3v) is 5.80. The first kappa shape index (κ1) is 18.1. The Balaban J connectivity index is 1.53. The van der Waals surface area contributed by atoms with Crippen LogP contribution in [0.5, 0.6) is 0 Å². The van der Waals surface area contributed by atoms with Gasteiger partial charge in [-0.25, -0.2) is 13.1 Å². The van der Waals surface area contributed by atoms with Crippen LogP contribution in [0.15, 0.2) is 59.5 Å². The van der Waals surface area contributed by atoms with E-state index in [2.05, 4.69) is 21.8 Å². The van der Waals surface area contributed by atoms with Gasteiger partial charge in [0.25, 0.3) is 0 Å². The molecule has 0 amide bonds. The molecule has 5 nitrogen and oxygen atoms in total. The Bertz CT molecular complexity index is 793. The van der Waals surface area contributed by atoms with Crippen molar-refractivity contribution in [2.75, 3.05) is 32.8 Å². The molecule has 1 fully saturated rings. The molecule has 25 heavy (non-hydrogen) atoms. The Morgan fingerprint density at radius 2 is 1.96 bits per heavy atom. The summed E-state index contributed by atoms with van der Waals surface area (Å²) in [6, 6.07) is 17.1. The van der Waals surface area contributed by atoms with Crippen molar-refractivity contribution in [2.24, 2.45) is 0 Å². The van der Waals surface area contributed by atoms with Crippen LogP contribution in [-0.2, 0) is 14.8 Å². The maximum Gasteiger partial charge on any atom is 0.240 e. The molecule has 0 aliphatic carbocycles. The van der Waals surface area contributed by atoms with Crippen LogP contribution in [0.1, 0.15) is 17.2 Å². The number of ether oxygens (including phenoxy) is 1. The van der Waals surface area contributed by atoms with E-state index in [0.29, 0.717) is 24.6 Å². The van der Waals surface area contributed by atoms with Gasteiger partial charge < -0.3 is 4.74 Å². The predicted octanol–water partition coefficient (Wildman–Crippen LogP) is 2.35. The zero-order valence-electron chi connectivity index (χ0n) is 14.4. The highest BCUT2D eigenvalue weighted by Crippen LogP contribution is 2.21. The highest BCUT2D eigenvalue weighted by molar-refractivity contribution is 7.89. The van der Waals surface area contributed by atoms with Crippen molar-refractivity contribution in [2.45, 2.75) is 17.9 Å². The lowest BCUT2D eigenvalue weighted by molar-refractivity contribution is -0.0291. The third kappa shape index (κ3) is 4.89. The topological polar surface area (TPSA) is 58.6 Å². The van der Waals surface area contributed by atoms with Gasteiger partial charge >= 0.3 is 0 Å². The predicted molar refractivity (Wildman–Crippen MR) is 97.9 cm³/mol. The van der Waals surface area contributed by atoms with E-state index in [1.54, 1.807) is 18.2 Å². The number of nitrogens with one attached hydrogen (secondary N) is 1. The zero-order valence-corrected chi connectivity index (χ0v) is 15.2. The molecule has 0 aromatic heterocycles. The van der Waals surface area contributed by atoms with Crippen molar-refractivity contribution in [1.29, 1.82) is 0 Å². The van der Waals surface area contributed by atoms with Crippen molar-refractivity contribution in [1.82, 2.24) is 9.62 Å². The highest BCUT2D eigenvalue weighted by Gasteiger charge is 2.22. The lowest BCUT2D eigenvalue weighted by Crippen LogP contribution is -2.42.